The van der Waals surface area contributed by atoms with Crippen LogP contribution < -0.4 is 4.90 Å². The molecule has 98 valence electrons. The van der Waals surface area contributed by atoms with Gasteiger partial charge in [-0.15, -0.1) is 0 Å². The number of carbonyl (C=O) groups is 1. The van der Waals surface area contributed by atoms with Crippen molar-refractivity contribution in [2.45, 2.75) is 0 Å². The number of nitrogens with zero attached hydrogens (tertiary/aromatic N) is 2. The largest absolute Gasteiger partial charge is 0.312 e. The minimum absolute atomic E-state index is 0.112. The van der Waals surface area contributed by atoms with E-state index >= 15 is 0 Å². The van der Waals surface area contributed by atoms with Crippen LogP contribution in [0.15, 0.2) is 60.7 Å². The molecule has 0 aliphatic carbocycles. The molecule has 0 aromatic heterocycles. The smallest absolute Gasteiger partial charge is 0.250 e. The molecule has 0 aliphatic heterocycles. The normalized spacial score (nSPS) is 10.2. The molecule has 0 fully saturated rings. The van der Waals surface area contributed by atoms with Crippen LogP contribution in [-0.2, 0) is 4.79 Å². The predicted octanol–water partition coefficient (Wildman–Crippen LogP) is 3.23. The van der Waals surface area contributed by atoms with Gasteiger partial charge in [-0.2, -0.15) is 5.26 Å². The molecule has 3 nitrogen and oxygen atoms in total. The van der Waals surface area contributed by atoms with E-state index in [2.05, 4.69) is 6.07 Å². The highest BCUT2D eigenvalue weighted by atomic mass is 16.2. The van der Waals surface area contributed by atoms with E-state index in [-0.39, 0.29) is 5.91 Å². The number of nitriles is 1. The fourth-order valence-corrected chi connectivity index (χ4v) is 1.77. The highest BCUT2D eigenvalue weighted by Crippen LogP contribution is 2.12. The standard InChI is InChI=1S/C17H14N2O/c1-19(16-8-3-2-4-9-16)17(20)11-10-14-6-5-7-15(12-14)13-18/h2-12H,1H3/b11-10+. The molecule has 3 heteroatoms. The topological polar surface area (TPSA) is 44.1 Å². The van der Waals surface area contributed by atoms with Gasteiger partial charge in [0.2, 0.25) is 0 Å². The summed E-state index contributed by atoms with van der Waals surface area (Å²) in [6, 6.07) is 18.6. The zero-order chi connectivity index (χ0) is 14.4. The first-order valence-corrected chi connectivity index (χ1v) is 6.21. The van der Waals surface area contributed by atoms with Crippen molar-refractivity contribution in [2.24, 2.45) is 0 Å². The molecule has 0 aliphatic rings. The Morgan fingerprint density at radius 1 is 1.15 bits per heavy atom. The van der Waals surface area contributed by atoms with Gasteiger partial charge in [-0.3, -0.25) is 4.79 Å². The van der Waals surface area contributed by atoms with Gasteiger partial charge in [0.05, 0.1) is 11.6 Å². The molecule has 2 aromatic carbocycles. The van der Waals surface area contributed by atoms with Crippen molar-refractivity contribution < 1.29 is 4.79 Å². The Balaban J connectivity index is 2.11. The lowest BCUT2D eigenvalue weighted by atomic mass is 10.1. The van der Waals surface area contributed by atoms with Gasteiger partial charge in [-0.25, -0.2) is 0 Å². The Labute approximate surface area is 118 Å². The van der Waals surface area contributed by atoms with Crippen LogP contribution in [0, 0.1) is 11.3 Å². The average Bonchev–Trinajstić information content (AvgIpc) is 2.53. The second-order valence-corrected chi connectivity index (χ2v) is 4.30. The molecule has 1 amide bonds. The summed E-state index contributed by atoms with van der Waals surface area (Å²) in [5.41, 5.74) is 2.25. The molecule has 0 bridgehead atoms. The number of benzene rings is 2. The Morgan fingerprint density at radius 3 is 2.60 bits per heavy atom. The van der Waals surface area contributed by atoms with Crippen molar-refractivity contribution in [1.82, 2.24) is 0 Å². The quantitative estimate of drug-likeness (QED) is 0.797. The lowest BCUT2D eigenvalue weighted by Crippen LogP contribution is -2.23. The molecule has 0 spiro atoms. The number of likely N-dealkylation sites (N-methyl/N-ethyl adjacent to an activating group) is 1. The summed E-state index contributed by atoms with van der Waals surface area (Å²) in [7, 11) is 1.73. The Bertz CT molecular complexity index is 669. The van der Waals surface area contributed by atoms with Crippen molar-refractivity contribution in [1.29, 1.82) is 5.26 Å². The summed E-state index contributed by atoms with van der Waals surface area (Å²) in [5, 5.41) is 8.83. The van der Waals surface area contributed by atoms with Gasteiger partial charge in [0.25, 0.3) is 5.91 Å². The van der Waals surface area contributed by atoms with Gasteiger partial charge in [0, 0.05) is 18.8 Å². The number of rotatable bonds is 3. The summed E-state index contributed by atoms with van der Waals surface area (Å²) in [5.74, 6) is -0.112. The molecule has 0 N–H and O–H groups in total. The van der Waals surface area contributed by atoms with Crippen LogP contribution in [0.4, 0.5) is 5.69 Å². The first-order valence-electron chi connectivity index (χ1n) is 6.21. The molecule has 2 rings (SSSR count). The maximum atomic E-state index is 12.0. The molecule has 20 heavy (non-hydrogen) atoms. The number of para-hydroxylation sites is 1. The van der Waals surface area contributed by atoms with Gasteiger partial charge in [0.15, 0.2) is 0 Å². The lowest BCUT2D eigenvalue weighted by molar-refractivity contribution is -0.113. The summed E-state index contributed by atoms with van der Waals surface area (Å²) < 4.78 is 0. The third-order valence-corrected chi connectivity index (χ3v) is 2.91. The van der Waals surface area contributed by atoms with Gasteiger partial charge in [0.1, 0.15) is 0 Å². The minimum Gasteiger partial charge on any atom is -0.312 e. The second-order valence-electron chi connectivity index (χ2n) is 4.30. The number of carbonyl (C=O) groups excluding carboxylic acids is 1. The molecule has 0 heterocycles. The molecule has 0 radical (unpaired) electrons. The van der Waals surface area contributed by atoms with Crippen LogP contribution in [0.25, 0.3) is 6.08 Å². The van der Waals surface area contributed by atoms with Crippen LogP contribution >= 0.6 is 0 Å². The van der Waals surface area contributed by atoms with Crippen LogP contribution in [0.5, 0.6) is 0 Å². The van der Waals surface area contributed by atoms with Gasteiger partial charge >= 0.3 is 0 Å². The maximum Gasteiger partial charge on any atom is 0.250 e. The zero-order valence-electron chi connectivity index (χ0n) is 11.2. The average molecular weight is 262 g/mol. The van der Waals surface area contributed by atoms with E-state index in [4.69, 9.17) is 5.26 Å². The fraction of sp³-hybridized carbons (Fsp3) is 0.0588. The number of hydrogen-bond donors (Lipinski definition) is 0. The summed E-state index contributed by atoms with van der Waals surface area (Å²) in [6.45, 7) is 0. The van der Waals surface area contributed by atoms with Crippen molar-refractivity contribution in [3.8, 4) is 6.07 Å². The first kappa shape index (κ1) is 13.6. The number of amides is 1. The molecule has 0 atom stereocenters. The van der Waals surface area contributed by atoms with E-state index in [0.29, 0.717) is 5.56 Å². The van der Waals surface area contributed by atoms with Gasteiger partial charge in [-0.1, -0.05) is 30.3 Å². The maximum absolute atomic E-state index is 12.0. The highest BCUT2D eigenvalue weighted by molar-refractivity contribution is 6.03. The van der Waals surface area contributed by atoms with E-state index < -0.39 is 0 Å². The van der Waals surface area contributed by atoms with Crippen molar-refractivity contribution in [2.75, 3.05) is 11.9 Å². The monoisotopic (exact) mass is 262 g/mol. The summed E-state index contributed by atoms with van der Waals surface area (Å²) in [6.07, 6.45) is 3.21. The van der Waals surface area contributed by atoms with Crippen molar-refractivity contribution in [3.63, 3.8) is 0 Å². The summed E-state index contributed by atoms with van der Waals surface area (Å²) in [4.78, 5) is 13.6. The fourth-order valence-electron chi connectivity index (χ4n) is 1.77. The van der Waals surface area contributed by atoms with E-state index in [0.717, 1.165) is 11.3 Å². The van der Waals surface area contributed by atoms with E-state index in [1.165, 1.54) is 6.08 Å². The number of hydrogen-bond acceptors (Lipinski definition) is 2. The van der Waals surface area contributed by atoms with Gasteiger partial charge < -0.3 is 4.90 Å². The third-order valence-electron chi connectivity index (χ3n) is 2.91. The molecular weight excluding hydrogens is 248 g/mol. The van der Waals surface area contributed by atoms with E-state index in [9.17, 15) is 4.79 Å². The first-order chi connectivity index (χ1) is 9.70. The lowest BCUT2D eigenvalue weighted by Gasteiger charge is -2.14. The van der Waals surface area contributed by atoms with Crippen LogP contribution in [-0.4, -0.2) is 13.0 Å². The number of anilines is 1. The van der Waals surface area contributed by atoms with E-state index in [1.807, 2.05) is 36.4 Å². The van der Waals surface area contributed by atoms with Crippen LogP contribution in [0.2, 0.25) is 0 Å². The van der Waals surface area contributed by atoms with Crippen LogP contribution in [0.1, 0.15) is 11.1 Å². The molecule has 0 unspecified atom stereocenters. The van der Waals surface area contributed by atoms with Gasteiger partial charge in [-0.05, 0) is 35.9 Å². The van der Waals surface area contributed by atoms with E-state index in [1.54, 1.807) is 36.2 Å². The third kappa shape index (κ3) is 3.33. The van der Waals surface area contributed by atoms with Crippen molar-refractivity contribution >= 4 is 17.7 Å². The molecule has 2 aromatic rings. The Kier molecular flexibility index (Phi) is 4.31. The Morgan fingerprint density at radius 2 is 1.90 bits per heavy atom. The highest BCUT2D eigenvalue weighted by Gasteiger charge is 2.06. The minimum atomic E-state index is -0.112. The molecule has 0 saturated heterocycles. The molecular formula is C17H14N2O. The Hall–Kier alpha value is -2.86. The summed E-state index contributed by atoms with van der Waals surface area (Å²) >= 11 is 0. The van der Waals surface area contributed by atoms with Crippen molar-refractivity contribution in [3.05, 3.63) is 71.8 Å². The predicted molar refractivity (Wildman–Crippen MR) is 80.0 cm³/mol. The SMILES string of the molecule is CN(C(=O)/C=C/c1cccc(C#N)c1)c1ccccc1. The van der Waals surface area contributed by atoms with Crippen LogP contribution in [0.3, 0.4) is 0 Å². The second kappa shape index (κ2) is 6.35. The molecule has 0 saturated carbocycles. The zero-order valence-corrected chi connectivity index (χ0v) is 11.2.